The normalized spacial score (nSPS) is 34.1. The predicted molar refractivity (Wildman–Crippen MR) is 119 cm³/mol. The van der Waals surface area contributed by atoms with E-state index in [-0.39, 0.29) is 9.46 Å². The topological polar surface area (TPSA) is 0 Å². The lowest BCUT2D eigenvalue weighted by Crippen LogP contribution is -2.21. The van der Waals surface area contributed by atoms with Crippen LogP contribution < -0.4 is 0 Å². The highest BCUT2D eigenvalue weighted by atomic mass is 33.0. The van der Waals surface area contributed by atoms with Crippen molar-refractivity contribution in [3.05, 3.63) is 60.7 Å². The smallest absolute Gasteiger partial charge is 0.0802 e. The van der Waals surface area contributed by atoms with Gasteiger partial charge >= 0.3 is 0 Å². The number of hydrogen-bond acceptors (Lipinski definition) is 6. The van der Waals surface area contributed by atoms with Crippen LogP contribution in [0.5, 0.6) is 0 Å². The Bertz CT molecular complexity index is 667. The van der Waals surface area contributed by atoms with Gasteiger partial charge in [-0.05, 0) is 24.3 Å². The summed E-state index contributed by atoms with van der Waals surface area (Å²) in [7, 11) is 0. The molecule has 116 valence electrons. The van der Waals surface area contributed by atoms with Gasteiger partial charge in [0, 0.05) is 20.3 Å². The molecule has 0 bridgehead atoms. The maximum absolute atomic E-state index is 5.99. The highest BCUT2D eigenvalue weighted by molar-refractivity contribution is 8.89. The van der Waals surface area contributed by atoms with Crippen LogP contribution in [0.15, 0.2) is 70.5 Å². The summed E-state index contributed by atoms with van der Waals surface area (Å²) in [6, 6.07) is 20.6. The largest absolute Gasteiger partial charge is 0.163 e. The van der Waals surface area contributed by atoms with Gasteiger partial charge in [-0.2, -0.15) is 25.3 Å². The minimum absolute atomic E-state index is 0.128. The number of hydrogen-bond donors (Lipinski definition) is 2. The van der Waals surface area contributed by atoms with Crippen molar-refractivity contribution in [2.45, 2.75) is 19.3 Å². The number of rotatable bonds is 4. The van der Waals surface area contributed by atoms with Crippen molar-refractivity contribution in [3.8, 4) is 0 Å². The van der Waals surface area contributed by atoms with E-state index in [1.807, 2.05) is 36.4 Å². The maximum Gasteiger partial charge on any atom is 0.0802 e. The molecular formula is C14H14P2S6. The zero-order valence-electron chi connectivity index (χ0n) is 11.4. The zero-order chi connectivity index (χ0) is 15.8. The first-order valence-electron chi connectivity index (χ1n) is 6.51. The highest BCUT2D eigenvalue weighted by Crippen LogP contribution is 3.00. The van der Waals surface area contributed by atoms with Gasteiger partial charge in [0.2, 0.25) is 0 Å². The molecule has 1 saturated heterocycles. The van der Waals surface area contributed by atoms with Gasteiger partial charge in [0.05, 0.1) is 9.46 Å². The summed E-state index contributed by atoms with van der Waals surface area (Å²) < 4.78 is 0.255. The average Bonchev–Trinajstić information content (AvgIpc) is 2.55. The van der Waals surface area contributed by atoms with Crippen LogP contribution in [0.1, 0.15) is 0 Å². The molecule has 0 aromatic heterocycles. The Morgan fingerprint density at radius 3 is 1.32 bits per heavy atom. The second-order valence-corrected chi connectivity index (χ2v) is 24.0. The van der Waals surface area contributed by atoms with Gasteiger partial charge in [0.25, 0.3) is 0 Å². The summed E-state index contributed by atoms with van der Waals surface area (Å²) in [6.07, 6.45) is 0. The molecule has 1 aliphatic rings. The summed E-state index contributed by atoms with van der Waals surface area (Å²) in [5.41, 5.74) is 0. The lowest BCUT2D eigenvalue weighted by molar-refractivity contribution is 1.47. The monoisotopic (exact) mass is 436 g/mol. The average molecular weight is 437 g/mol. The molecule has 0 aliphatic carbocycles. The summed E-state index contributed by atoms with van der Waals surface area (Å²) in [6.45, 7) is 0. The zero-order valence-corrected chi connectivity index (χ0v) is 18.2. The Labute approximate surface area is 161 Å². The molecule has 0 saturated carbocycles. The molecule has 22 heavy (non-hydrogen) atoms. The Morgan fingerprint density at radius 2 is 1.00 bits per heavy atom. The molecule has 0 N–H and O–H groups in total. The lowest BCUT2D eigenvalue weighted by Gasteiger charge is -2.52. The predicted octanol–water partition coefficient (Wildman–Crippen LogP) is 6.80. The molecule has 0 amide bonds. The van der Waals surface area contributed by atoms with E-state index in [0.29, 0.717) is 0 Å². The Balaban J connectivity index is 1.81. The SMILES string of the molecule is S=P1(Sc2ccccc2)C(S)P(=S)(Sc2ccccc2)C1S. The molecule has 2 aromatic carbocycles. The third-order valence-corrected chi connectivity index (χ3v) is 33.0. The van der Waals surface area contributed by atoms with Gasteiger partial charge < -0.3 is 0 Å². The highest BCUT2D eigenvalue weighted by Gasteiger charge is 2.58. The van der Waals surface area contributed by atoms with Crippen LogP contribution in [-0.2, 0) is 23.6 Å². The fraction of sp³-hybridized carbons (Fsp3) is 0.143. The molecule has 0 radical (unpaired) electrons. The van der Waals surface area contributed by atoms with Gasteiger partial charge in [0.15, 0.2) is 0 Å². The van der Waals surface area contributed by atoms with E-state index in [0.717, 1.165) is 0 Å². The van der Waals surface area contributed by atoms with Crippen LogP contribution in [-0.4, -0.2) is 9.46 Å². The molecule has 2 aromatic rings. The molecular weight excluding hydrogens is 423 g/mol. The van der Waals surface area contributed by atoms with Gasteiger partial charge in [-0.1, -0.05) is 82.8 Å². The van der Waals surface area contributed by atoms with Crippen molar-refractivity contribution in [2.24, 2.45) is 0 Å². The van der Waals surface area contributed by atoms with E-state index < -0.39 is 10.5 Å². The molecule has 1 fully saturated rings. The van der Waals surface area contributed by atoms with Gasteiger partial charge in [-0.3, -0.25) is 0 Å². The maximum atomic E-state index is 5.99. The summed E-state index contributed by atoms with van der Waals surface area (Å²) in [5.74, 6) is 0. The van der Waals surface area contributed by atoms with Crippen LogP contribution in [0.4, 0.5) is 0 Å². The van der Waals surface area contributed by atoms with Crippen molar-refractivity contribution in [2.75, 3.05) is 0 Å². The van der Waals surface area contributed by atoms with Crippen molar-refractivity contribution in [1.29, 1.82) is 0 Å². The van der Waals surface area contributed by atoms with E-state index in [1.165, 1.54) is 9.79 Å². The lowest BCUT2D eigenvalue weighted by atomic mass is 10.4. The fourth-order valence-electron chi connectivity index (χ4n) is 2.10. The van der Waals surface area contributed by atoms with E-state index in [9.17, 15) is 0 Å². The van der Waals surface area contributed by atoms with E-state index in [4.69, 9.17) is 48.9 Å². The van der Waals surface area contributed by atoms with Gasteiger partial charge in [-0.25, -0.2) is 0 Å². The third-order valence-electron chi connectivity index (χ3n) is 3.27. The summed E-state index contributed by atoms with van der Waals surface area (Å²) in [5, 5.41) is -3.51. The summed E-state index contributed by atoms with van der Waals surface area (Å²) >= 11 is 25.3. The molecule has 1 heterocycles. The van der Waals surface area contributed by atoms with Crippen molar-refractivity contribution in [1.82, 2.24) is 0 Å². The molecule has 0 unspecified atom stereocenters. The van der Waals surface area contributed by atoms with E-state index >= 15 is 0 Å². The standard InChI is InChI=1S/C14H14P2S6/c17-13-15(19,21-11-7-3-1-4-8-11)14(18)16(13,20)22-12-9-5-2-6-10-12/h1-10,13-14,17-18H. The first kappa shape index (κ1) is 17.9. The minimum Gasteiger partial charge on any atom is -0.163 e. The first-order valence-corrected chi connectivity index (χ1v) is 16.3. The second kappa shape index (κ2) is 7.17. The van der Waals surface area contributed by atoms with Crippen LogP contribution >= 0.6 is 58.5 Å². The minimum atomic E-state index is -1.75. The first-order chi connectivity index (χ1) is 10.5. The number of benzene rings is 2. The quantitative estimate of drug-likeness (QED) is 0.399. The van der Waals surface area contributed by atoms with E-state index in [1.54, 1.807) is 22.8 Å². The van der Waals surface area contributed by atoms with E-state index in [2.05, 4.69) is 24.3 Å². The molecule has 0 nitrogen and oxygen atoms in total. The van der Waals surface area contributed by atoms with Crippen molar-refractivity contribution in [3.63, 3.8) is 0 Å². The van der Waals surface area contributed by atoms with Crippen LogP contribution in [0, 0.1) is 0 Å². The second-order valence-electron chi connectivity index (χ2n) is 4.79. The molecule has 3 rings (SSSR count). The van der Waals surface area contributed by atoms with Crippen molar-refractivity contribution >= 4 is 82.1 Å². The van der Waals surface area contributed by atoms with Gasteiger partial charge in [-0.15, -0.1) is 0 Å². The van der Waals surface area contributed by atoms with Crippen LogP contribution in [0.2, 0.25) is 0 Å². The molecule has 8 heteroatoms. The van der Waals surface area contributed by atoms with Crippen LogP contribution in [0.3, 0.4) is 0 Å². The molecule has 1 aliphatic heterocycles. The third kappa shape index (κ3) is 3.28. The summed E-state index contributed by atoms with van der Waals surface area (Å²) in [4.78, 5) is 2.41. The van der Waals surface area contributed by atoms with Crippen molar-refractivity contribution < 1.29 is 0 Å². The number of thiol groups is 2. The Morgan fingerprint density at radius 1 is 0.682 bits per heavy atom. The van der Waals surface area contributed by atoms with Gasteiger partial charge in [0.1, 0.15) is 0 Å². The molecule has 0 atom stereocenters. The molecule has 0 spiro atoms. The Kier molecular flexibility index (Phi) is 5.85. The Hall–Kier alpha value is 1.14. The van der Waals surface area contributed by atoms with Crippen LogP contribution in [0.25, 0.3) is 0 Å². The fourth-order valence-corrected chi connectivity index (χ4v) is 35.6.